The number of amides is 1. The summed E-state index contributed by atoms with van der Waals surface area (Å²) in [5.74, 6) is -1.87. The Labute approximate surface area is 208 Å². The van der Waals surface area contributed by atoms with Crippen LogP contribution in [0.1, 0.15) is 22.9 Å². The molecule has 180 valence electrons. The maximum absolute atomic E-state index is 13.3. The first-order valence-electron chi connectivity index (χ1n) is 10.7. The fourth-order valence-corrected chi connectivity index (χ4v) is 5.14. The van der Waals surface area contributed by atoms with Gasteiger partial charge in [0.15, 0.2) is 5.13 Å². The van der Waals surface area contributed by atoms with E-state index in [0.717, 1.165) is 16.9 Å². The number of carbonyl (C=O) groups is 2. The molecule has 1 atom stereocenters. The van der Waals surface area contributed by atoms with Crippen molar-refractivity contribution in [2.75, 3.05) is 12.0 Å². The van der Waals surface area contributed by atoms with Crippen LogP contribution in [0.15, 0.2) is 66.4 Å². The Hall–Kier alpha value is -4.64. The molecule has 0 saturated carbocycles. The molecule has 2 aromatic carbocycles. The molecule has 36 heavy (non-hydrogen) atoms. The van der Waals surface area contributed by atoms with Crippen LogP contribution in [0, 0.1) is 17.0 Å². The molecule has 1 unspecified atom stereocenters. The summed E-state index contributed by atoms with van der Waals surface area (Å²) in [5.41, 5.74) is 1.57. The third-order valence-corrected chi connectivity index (χ3v) is 6.82. The molecule has 1 saturated heterocycles. The maximum atomic E-state index is 13.3. The second-order valence-corrected chi connectivity index (χ2v) is 9.04. The van der Waals surface area contributed by atoms with Gasteiger partial charge in [-0.3, -0.25) is 29.6 Å². The van der Waals surface area contributed by atoms with Crippen LogP contribution in [0.3, 0.4) is 0 Å². The minimum absolute atomic E-state index is 0.118. The molecule has 11 heteroatoms. The normalized spacial score (nSPS) is 17.1. The van der Waals surface area contributed by atoms with Gasteiger partial charge in [0.2, 0.25) is 0 Å². The van der Waals surface area contributed by atoms with Gasteiger partial charge in [0.25, 0.3) is 11.5 Å². The second-order valence-electron chi connectivity index (χ2n) is 8.03. The number of pyridine rings is 1. The zero-order chi connectivity index (χ0) is 25.6. The Kier molecular flexibility index (Phi) is 5.69. The van der Waals surface area contributed by atoms with Crippen molar-refractivity contribution in [2.45, 2.75) is 13.0 Å². The summed E-state index contributed by atoms with van der Waals surface area (Å²) in [6, 6.07) is 13.2. The number of hydrogen-bond donors (Lipinski definition) is 1. The zero-order valence-corrected chi connectivity index (χ0v) is 19.9. The number of fused-ring (bicyclic) bond motifs is 1. The number of carbonyl (C=O) groups excluding carboxylic acids is 2. The highest BCUT2D eigenvalue weighted by Crippen LogP contribution is 2.45. The van der Waals surface area contributed by atoms with E-state index in [4.69, 9.17) is 4.74 Å². The lowest BCUT2D eigenvalue weighted by atomic mass is 9.97. The number of Topliss-reactive ketones (excluding diaryl/α,β-unsaturated/α-hetero) is 1. The Bertz CT molecular complexity index is 1580. The zero-order valence-electron chi connectivity index (χ0n) is 19.0. The number of aliphatic hydroxyl groups is 1. The third kappa shape index (κ3) is 3.75. The van der Waals surface area contributed by atoms with E-state index in [0.29, 0.717) is 21.7 Å². The smallest absolute Gasteiger partial charge is 0.301 e. The molecule has 0 bridgehead atoms. The second kappa shape index (κ2) is 8.86. The van der Waals surface area contributed by atoms with Crippen molar-refractivity contribution in [2.24, 2.45) is 0 Å². The van der Waals surface area contributed by atoms with Gasteiger partial charge in [-0.15, -0.1) is 0 Å². The Morgan fingerprint density at radius 3 is 2.67 bits per heavy atom. The molecular formula is C25H18N4O6S. The SMILES string of the molecule is COc1ccc(C)cc1/C(O)=C1\C(=O)C(=O)N(c2nc3ccc([N+](=O)[O-])cc3s2)C1c1ccccn1. The number of hydrogen-bond acceptors (Lipinski definition) is 9. The van der Waals surface area contributed by atoms with Gasteiger partial charge in [0.05, 0.1) is 39.1 Å². The van der Waals surface area contributed by atoms with Crippen LogP contribution in [-0.2, 0) is 9.59 Å². The average molecular weight is 503 g/mol. The molecule has 1 amide bonds. The number of non-ortho nitro benzene ring substituents is 1. The predicted molar refractivity (Wildman–Crippen MR) is 133 cm³/mol. The van der Waals surface area contributed by atoms with Gasteiger partial charge < -0.3 is 9.84 Å². The molecule has 5 rings (SSSR count). The largest absolute Gasteiger partial charge is 0.507 e. The number of nitro groups is 1. The third-order valence-electron chi connectivity index (χ3n) is 5.80. The van der Waals surface area contributed by atoms with Crippen LogP contribution in [0.2, 0.25) is 0 Å². The monoisotopic (exact) mass is 502 g/mol. The summed E-state index contributed by atoms with van der Waals surface area (Å²) < 4.78 is 5.85. The van der Waals surface area contributed by atoms with Gasteiger partial charge in [-0.1, -0.05) is 29.0 Å². The molecule has 4 aromatic rings. The van der Waals surface area contributed by atoms with Crippen molar-refractivity contribution in [1.29, 1.82) is 0 Å². The number of nitro benzene ring substituents is 1. The van der Waals surface area contributed by atoms with Crippen LogP contribution in [0.4, 0.5) is 10.8 Å². The Balaban J connectivity index is 1.73. The number of ether oxygens (including phenoxy) is 1. The van der Waals surface area contributed by atoms with E-state index in [1.54, 1.807) is 36.4 Å². The summed E-state index contributed by atoms with van der Waals surface area (Å²) in [6.45, 7) is 1.82. The molecule has 2 aromatic heterocycles. The van der Waals surface area contributed by atoms with Gasteiger partial charge >= 0.3 is 5.91 Å². The minimum Gasteiger partial charge on any atom is -0.507 e. The van der Waals surface area contributed by atoms with Gasteiger partial charge in [-0.2, -0.15) is 0 Å². The minimum atomic E-state index is -1.08. The number of thiazole rings is 1. The average Bonchev–Trinajstić information content (AvgIpc) is 3.41. The van der Waals surface area contributed by atoms with Crippen LogP contribution >= 0.6 is 11.3 Å². The first kappa shape index (κ1) is 23.1. The van der Waals surface area contributed by atoms with E-state index >= 15 is 0 Å². The van der Waals surface area contributed by atoms with E-state index in [1.165, 1.54) is 36.4 Å². The Morgan fingerprint density at radius 2 is 1.97 bits per heavy atom. The van der Waals surface area contributed by atoms with Crippen molar-refractivity contribution in [1.82, 2.24) is 9.97 Å². The first-order chi connectivity index (χ1) is 17.3. The number of aliphatic hydroxyl groups excluding tert-OH is 1. The number of aryl methyl sites for hydroxylation is 1. The summed E-state index contributed by atoms with van der Waals surface area (Å²) >= 11 is 1.03. The van der Waals surface area contributed by atoms with Crippen molar-refractivity contribution in [3.05, 3.63) is 93.3 Å². The first-order valence-corrected chi connectivity index (χ1v) is 11.5. The van der Waals surface area contributed by atoms with Crippen molar-refractivity contribution < 1.29 is 24.4 Å². The number of benzene rings is 2. The highest BCUT2D eigenvalue weighted by molar-refractivity contribution is 7.22. The van der Waals surface area contributed by atoms with Crippen LogP contribution < -0.4 is 9.64 Å². The van der Waals surface area contributed by atoms with E-state index in [-0.39, 0.29) is 22.0 Å². The topological polar surface area (TPSA) is 136 Å². The molecule has 10 nitrogen and oxygen atoms in total. The summed E-state index contributed by atoms with van der Waals surface area (Å²) in [6.07, 6.45) is 1.52. The van der Waals surface area contributed by atoms with Crippen molar-refractivity contribution >= 4 is 49.8 Å². The standard InChI is InChI=1S/C25H18N4O6S/c1-13-6-9-18(35-2)15(11-13)22(30)20-21(17-5-3-4-10-26-17)28(24(32)23(20)31)25-27-16-8-7-14(29(33)34)12-19(16)36-25/h3-12,21,30H,1-2H3/b22-20+. The van der Waals surface area contributed by atoms with Gasteiger partial charge in [-0.25, -0.2) is 4.98 Å². The fourth-order valence-electron chi connectivity index (χ4n) is 4.12. The van der Waals surface area contributed by atoms with Crippen LogP contribution in [-0.4, -0.2) is 38.8 Å². The van der Waals surface area contributed by atoms with Crippen molar-refractivity contribution in [3.8, 4) is 5.75 Å². The number of anilines is 1. The molecule has 0 radical (unpaired) electrons. The van der Waals surface area contributed by atoms with Crippen LogP contribution in [0.5, 0.6) is 5.75 Å². The molecular weight excluding hydrogens is 484 g/mol. The molecule has 1 aliphatic heterocycles. The lowest BCUT2D eigenvalue weighted by molar-refractivity contribution is -0.384. The quantitative estimate of drug-likeness (QED) is 0.138. The predicted octanol–water partition coefficient (Wildman–Crippen LogP) is 4.54. The number of methoxy groups -OCH3 is 1. The highest BCUT2D eigenvalue weighted by Gasteiger charge is 2.49. The van der Waals surface area contributed by atoms with E-state index in [2.05, 4.69) is 9.97 Å². The van der Waals surface area contributed by atoms with E-state index < -0.39 is 28.4 Å². The number of rotatable bonds is 5. The van der Waals surface area contributed by atoms with Gasteiger partial charge in [-0.05, 0) is 37.3 Å². The van der Waals surface area contributed by atoms with E-state index in [9.17, 15) is 24.8 Å². The van der Waals surface area contributed by atoms with Crippen molar-refractivity contribution in [3.63, 3.8) is 0 Å². The number of ketones is 1. The molecule has 1 aliphatic rings. The summed E-state index contributed by atoms with van der Waals surface area (Å²) in [7, 11) is 1.44. The molecule has 0 spiro atoms. The summed E-state index contributed by atoms with van der Waals surface area (Å²) in [4.78, 5) is 47.3. The lowest BCUT2D eigenvalue weighted by Gasteiger charge is -2.22. The molecule has 3 heterocycles. The van der Waals surface area contributed by atoms with Crippen LogP contribution in [0.25, 0.3) is 16.0 Å². The number of aromatic nitrogens is 2. The molecule has 0 aliphatic carbocycles. The number of nitrogens with zero attached hydrogens (tertiary/aromatic N) is 4. The van der Waals surface area contributed by atoms with Gasteiger partial charge in [0.1, 0.15) is 17.6 Å². The van der Waals surface area contributed by atoms with E-state index in [1.807, 2.05) is 6.92 Å². The lowest BCUT2D eigenvalue weighted by Crippen LogP contribution is -2.29. The fraction of sp³-hybridized carbons (Fsp3) is 0.120. The maximum Gasteiger partial charge on any atom is 0.301 e. The van der Waals surface area contributed by atoms with Gasteiger partial charge in [0, 0.05) is 18.3 Å². The molecule has 1 fully saturated rings. The molecule has 1 N–H and O–H groups in total. The summed E-state index contributed by atoms with van der Waals surface area (Å²) in [5, 5.41) is 22.7. The highest BCUT2D eigenvalue weighted by atomic mass is 32.1. The Morgan fingerprint density at radius 1 is 1.17 bits per heavy atom.